The number of aromatic nitrogens is 3. The molecule has 0 aliphatic heterocycles. The van der Waals surface area contributed by atoms with Gasteiger partial charge in [-0.2, -0.15) is 0 Å². The fourth-order valence-corrected chi connectivity index (χ4v) is 8.55. The van der Waals surface area contributed by atoms with Gasteiger partial charge in [0.25, 0.3) is 0 Å². The van der Waals surface area contributed by atoms with Crippen molar-refractivity contribution in [2.24, 2.45) is 5.92 Å². The third-order valence-corrected chi connectivity index (χ3v) is 11.1. The summed E-state index contributed by atoms with van der Waals surface area (Å²) in [6.07, 6.45) is 19.5. The molecule has 5 aromatic carbocycles. The van der Waals surface area contributed by atoms with E-state index in [1.54, 1.807) is 0 Å². The molecular weight excluding hydrogens is 663 g/mol. The zero-order chi connectivity index (χ0) is 35.6. The summed E-state index contributed by atoms with van der Waals surface area (Å²) in [4.78, 5) is 15.6. The highest BCUT2D eigenvalue weighted by Gasteiger charge is 2.32. The minimum atomic E-state index is 0.0747. The van der Waals surface area contributed by atoms with E-state index in [-0.39, 0.29) is 11.8 Å². The maximum absolute atomic E-state index is 6.54. The zero-order valence-corrected chi connectivity index (χ0v) is 29.3. The molecule has 5 heteroatoms. The highest BCUT2D eigenvalue weighted by Crippen LogP contribution is 2.47. The van der Waals surface area contributed by atoms with Gasteiger partial charge >= 0.3 is 0 Å². The molecule has 11 rings (SSSR count). The molecule has 0 radical (unpaired) electrons. The van der Waals surface area contributed by atoms with Crippen molar-refractivity contribution in [2.45, 2.75) is 18.8 Å². The van der Waals surface area contributed by atoms with Crippen LogP contribution >= 0.6 is 0 Å². The van der Waals surface area contributed by atoms with Gasteiger partial charge in [0, 0.05) is 50.3 Å². The molecule has 0 amide bonds. The summed E-state index contributed by atoms with van der Waals surface area (Å²) in [5, 5.41) is 3.37. The van der Waals surface area contributed by atoms with Crippen LogP contribution in [0.4, 0.5) is 0 Å². The molecule has 3 aromatic heterocycles. The third kappa shape index (κ3) is 4.96. The molecule has 0 N–H and O–H groups in total. The Morgan fingerprint density at radius 1 is 0.537 bits per heavy atom. The summed E-state index contributed by atoms with van der Waals surface area (Å²) >= 11 is 0. The van der Waals surface area contributed by atoms with E-state index in [1.165, 1.54) is 22.3 Å². The van der Waals surface area contributed by atoms with E-state index < -0.39 is 0 Å². The van der Waals surface area contributed by atoms with Crippen molar-refractivity contribution in [3.63, 3.8) is 0 Å². The number of nitrogens with zero attached hydrogens (tertiary/aromatic N) is 3. The zero-order valence-electron chi connectivity index (χ0n) is 29.3. The molecule has 0 saturated carbocycles. The molecule has 3 aliphatic carbocycles. The Balaban J connectivity index is 1.06. The van der Waals surface area contributed by atoms with E-state index in [1.807, 2.05) is 36.4 Å². The van der Waals surface area contributed by atoms with Crippen molar-refractivity contribution < 1.29 is 8.83 Å². The van der Waals surface area contributed by atoms with Crippen LogP contribution in [0.1, 0.15) is 35.1 Å². The molecule has 256 valence electrons. The van der Waals surface area contributed by atoms with Crippen molar-refractivity contribution in [3.8, 4) is 33.9 Å². The first-order chi connectivity index (χ1) is 26.8. The Kier molecular flexibility index (Phi) is 7.05. The number of benzene rings is 5. The first-order valence-corrected chi connectivity index (χ1v) is 18.6. The maximum Gasteiger partial charge on any atom is 0.164 e. The van der Waals surface area contributed by atoms with Crippen LogP contribution in [-0.4, -0.2) is 15.0 Å². The van der Waals surface area contributed by atoms with Crippen molar-refractivity contribution in [1.29, 1.82) is 0 Å². The average Bonchev–Trinajstić information content (AvgIpc) is 3.82. The van der Waals surface area contributed by atoms with Gasteiger partial charge in [0.2, 0.25) is 0 Å². The molecule has 0 spiro atoms. The monoisotopic (exact) mass is 695 g/mol. The summed E-state index contributed by atoms with van der Waals surface area (Å²) in [6.45, 7) is 0. The number of hydrogen-bond donors (Lipinski definition) is 0. The molecule has 2 atom stereocenters. The lowest BCUT2D eigenvalue weighted by atomic mass is 9.73. The second-order valence-corrected chi connectivity index (χ2v) is 14.2. The van der Waals surface area contributed by atoms with Gasteiger partial charge in [0.05, 0.1) is 0 Å². The fraction of sp³-hybridized carbons (Fsp3) is 0.0816. The largest absolute Gasteiger partial charge is 0.456 e. The lowest BCUT2D eigenvalue weighted by Gasteiger charge is -2.30. The molecule has 8 aromatic rings. The van der Waals surface area contributed by atoms with E-state index >= 15 is 0 Å². The molecule has 0 fully saturated rings. The van der Waals surface area contributed by atoms with Crippen molar-refractivity contribution in [3.05, 3.63) is 186 Å². The quantitative estimate of drug-likeness (QED) is 0.179. The lowest BCUT2D eigenvalue weighted by Crippen LogP contribution is -2.18. The highest BCUT2D eigenvalue weighted by atomic mass is 16.3. The molecule has 3 aliphatic rings. The first kappa shape index (κ1) is 30.7. The molecule has 0 saturated heterocycles. The Labute approximate surface area is 312 Å². The van der Waals surface area contributed by atoms with Crippen molar-refractivity contribution >= 4 is 44.6 Å². The molecule has 0 bridgehead atoms. The van der Waals surface area contributed by atoms with Crippen LogP contribution in [-0.2, 0) is 6.42 Å². The van der Waals surface area contributed by atoms with Crippen LogP contribution in [0.3, 0.4) is 0 Å². The normalized spacial score (nSPS) is 17.5. The summed E-state index contributed by atoms with van der Waals surface area (Å²) in [5.74, 6) is 3.02. The van der Waals surface area contributed by atoms with E-state index in [0.29, 0.717) is 17.5 Å². The number of furan rings is 2. The van der Waals surface area contributed by atoms with Crippen LogP contribution in [0.25, 0.3) is 78.5 Å². The Bertz CT molecular complexity index is 2940. The van der Waals surface area contributed by atoms with Crippen molar-refractivity contribution in [1.82, 2.24) is 15.0 Å². The number of rotatable bonds is 5. The number of allylic oxidation sites excluding steroid dienone is 9. The predicted molar refractivity (Wildman–Crippen MR) is 218 cm³/mol. The maximum atomic E-state index is 6.54. The molecule has 5 nitrogen and oxygen atoms in total. The summed E-state index contributed by atoms with van der Waals surface area (Å²) in [7, 11) is 0. The average molecular weight is 696 g/mol. The second-order valence-electron chi connectivity index (χ2n) is 14.2. The van der Waals surface area contributed by atoms with Gasteiger partial charge in [0.15, 0.2) is 17.5 Å². The Hall–Kier alpha value is -6.85. The van der Waals surface area contributed by atoms with Crippen LogP contribution in [0.2, 0.25) is 0 Å². The molecule has 2 unspecified atom stereocenters. The standard InChI is InChI=1S/C49H33N3O2/c1-3-13-30(14-4-1)32-25-26-39-44(29-32)54-42-23-11-20-36(45(39)42)35-27-28-37(34-18-8-7-17-33(34)35)48-50-47(31-15-5-2-6-16-31)51-49(52-48)40-21-12-24-43-46(40)38-19-9-10-22-41(38)53-43/h1-8,10-18,20-29,33,35H,9,19H2. The highest BCUT2D eigenvalue weighted by molar-refractivity contribution is 6.08. The van der Waals surface area contributed by atoms with Gasteiger partial charge in [-0.25, -0.2) is 15.0 Å². The molecule has 3 heterocycles. The van der Waals surface area contributed by atoms with Crippen LogP contribution in [0, 0.1) is 5.92 Å². The predicted octanol–water partition coefficient (Wildman–Crippen LogP) is 12.3. The molecule has 54 heavy (non-hydrogen) atoms. The SMILES string of the molecule is C1=CC2=C(c3nc(-c4ccccc4)nc(-c4cccc5oc6c(c45)CCC=C6)n3)C=CC(c3cccc4oc5cc(-c6ccccc6)ccc5c34)C2C=C1. The lowest BCUT2D eigenvalue weighted by molar-refractivity contribution is 0.595. The summed E-state index contributed by atoms with van der Waals surface area (Å²) < 4.78 is 12.9. The second kappa shape index (κ2) is 12.4. The van der Waals surface area contributed by atoms with E-state index in [9.17, 15) is 0 Å². The topological polar surface area (TPSA) is 65.0 Å². The third-order valence-electron chi connectivity index (χ3n) is 11.1. The van der Waals surface area contributed by atoms with Gasteiger partial charge < -0.3 is 8.83 Å². The number of hydrogen-bond acceptors (Lipinski definition) is 5. The van der Waals surface area contributed by atoms with E-state index in [4.69, 9.17) is 23.8 Å². The van der Waals surface area contributed by atoms with Crippen LogP contribution < -0.4 is 0 Å². The van der Waals surface area contributed by atoms with Gasteiger partial charge in [-0.15, -0.1) is 0 Å². The van der Waals surface area contributed by atoms with Gasteiger partial charge in [-0.1, -0.05) is 134 Å². The van der Waals surface area contributed by atoms with Gasteiger partial charge in [0.1, 0.15) is 22.5 Å². The summed E-state index contributed by atoms with van der Waals surface area (Å²) in [6, 6.07) is 39.8. The Morgan fingerprint density at radius 3 is 2.19 bits per heavy atom. The van der Waals surface area contributed by atoms with E-state index in [0.717, 1.165) is 73.8 Å². The van der Waals surface area contributed by atoms with Crippen LogP contribution in [0.5, 0.6) is 0 Å². The summed E-state index contributed by atoms with van der Waals surface area (Å²) in [5.41, 5.74) is 11.5. The van der Waals surface area contributed by atoms with Crippen LogP contribution in [0.15, 0.2) is 172 Å². The van der Waals surface area contributed by atoms with Crippen molar-refractivity contribution in [2.75, 3.05) is 0 Å². The molecular formula is C49H33N3O2. The minimum Gasteiger partial charge on any atom is -0.456 e. The van der Waals surface area contributed by atoms with Gasteiger partial charge in [-0.3, -0.25) is 0 Å². The fourth-order valence-electron chi connectivity index (χ4n) is 8.55. The Morgan fingerprint density at radius 2 is 1.31 bits per heavy atom. The smallest absolute Gasteiger partial charge is 0.164 e. The minimum absolute atomic E-state index is 0.0747. The first-order valence-electron chi connectivity index (χ1n) is 18.6. The van der Waals surface area contributed by atoms with E-state index in [2.05, 4.69) is 127 Å². The number of fused-ring (bicyclic) bond motifs is 7. The number of aryl methyl sites for hydroxylation is 1. The van der Waals surface area contributed by atoms with Gasteiger partial charge in [-0.05, 0) is 65.4 Å².